The van der Waals surface area contributed by atoms with Crippen LogP contribution in [-0.2, 0) is 0 Å². The molecule has 0 aliphatic carbocycles. The van der Waals surface area contributed by atoms with Crippen molar-refractivity contribution < 1.29 is 4.11 Å². The van der Waals surface area contributed by atoms with Crippen LogP contribution in [0, 0.1) is 6.85 Å². The van der Waals surface area contributed by atoms with Crippen molar-refractivity contribution in [2.24, 2.45) is 0 Å². The highest BCUT2D eigenvalue weighted by Gasteiger charge is 2.16. The zero-order valence-corrected chi connectivity index (χ0v) is 23.1. The molecule has 0 aliphatic heterocycles. The number of pyridine rings is 2. The molecule has 0 saturated carbocycles. The Bertz CT molecular complexity index is 2410. The van der Waals surface area contributed by atoms with Crippen LogP contribution in [0.1, 0.15) is 9.81 Å². The average molecular weight is 554 g/mol. The predicted octanol–water partition coefficient (Wildman–Crippen LogP) is 9.70. The summed E-state index contributed by atoms with van der Waals surface area (Å²) in [5.74, 6) is 0.669. The van der Waals surface area contributed by atoms with Gasteiger partial charge in [-0.1, -0.05) is 121 Å². The van der Waals surface area contributed by atoms with Crippen LogP contribution in [0.15, 0.2) is 140 Å². The monoisotopic (exact) mass is 553 g/mol. The van der Waals surface area contributed by atoms with Gasteiger partial charge in [-0.25, -0.2) is 15.0 Å². The molecule has 0 radical (unpaired) electrons. The molecule has 0 N–H and O–H groups in total. The van der Waals surface area contributed by atoms with Crippen molar-refractivity contribution in [2.75, 3.05) is 0 Å². The molecule has 0 atom stereocenters. The molecule has 3 aromatic heterocycles. The van der Waals surface area contributed by atoms with Crippen LogP contribution in [0.4, 0.5) is 0 Å². The highest BCUT2D eigenvalue weighted by molar-refractivity contribution is 6.04. The fraction of sp³-hybridized carbons (Fsp3) is 0.0256. The Morgan fingerprint density at radius 3 is 1.91 bits per heavy atom. The molecule has 0 bridgehead atoms. The van der Waals surface area contributed by atoms with Gasteiger partial charge in [0, 0.05) is 48.2 Å². The lowest BCUT2D eigenvalue weighted by atomic mass is 9.97. The van der Waals surface area contributed by atoms with Crippen molar-refractivity contribution in [3.8, 4) is 45.0 Å². The molecule has 4 nitrogen and oxygen atoms in total. The van der Waals surface area contributed by atoms with Crippen LogP contribution in [0.25, 0.3) is 77.7 Å². The summed E-state index contributed by atoms with van der Waals surface area (Å²) in [6.07, 6.45) is 0. The third-order valence-electron chi connectivity index (χ3n) is 7.79. The van der Waals surface area contributed by atoms with Crippen molar-refractivity contribution in [1.29, 1.82) is 0 Å². The fourth-order valence-corrected chi connectivity index (χ4v) is 5.69. The number of benzene rings is 5. The van der Waals surface area contributed by atoms with Crippen molar-refractivity contribution in [3.05, 3.63) is 145 Å². The lowest BCUT2D eigenvalue weighted by Crippen LogP contribution is -1.97. The fourth-order valence-electron chi connectivity index (χ4n) is 5.69. The zero-order chi connectivity index (χ0) is 31.3. The lowest BCUT2D eigenvalue weighted by Gasteiger charge is -2.13. The molecule has 0 spiro atoms. The molecule has 0 unspecified atom stereocenters. The summed E-state index contributed by atoms with van der Waals surface area (Å²) >= 11 is 0. The van der Waals surface area contributed by atoms with E-state index >= 15 is 0 Å². The highest BCUT2D eigenvalue weighted by atomic mass is 14.9. The van der Waals surface area contributed by atoms with Crippen LogP contribution in [-0.4, -0.2) is 19.9 Å². The minimum atomic E-state index is -2.30. The van der Waals surface area contributed by atoms with E-state index in [1.165, 1.54) is 0 Å². The number of aryl methyl sites for hydroxylation is 1. The van der Waals surface area contributed by atoms with Gasteiger partial charge in [-0.15, -0.1) is 0 Å². The Morgan fingerprint density at radius 1 is 0.465 bits per heavy atom. The van der Waals surface area contributed by atoms with Gasteiger partial charge in [-0.2, -0.15) is 0 Å². The minimum Gasteiger partial charge on any atom is -0.251 e. The Morgan fingerprint density at radius 2 is 1.12 bits per heavy atom. The molecule has 0 aliphatic rings. The van der Waals surface area contributed by atoms with Crippen LogP contribution >= 0.6 is 0 Å². The van der Waals surface area contributed by atoms with E-state index in [2.05, 4.69) is 47.4 Å². The second-order valence-electron chi connectivity index (χ2n) is 10.5. The van der Waals surface area contributed by atoms with Crippen LogP contribution < -0.4 is 0 Å². The Labute approximate surface area is 253 Å². The molecule has 43 heavy (non-hydrogen) atoms. The van der Waals surface area contributed by atoms with E-state index in [4.69, 9.17) is 19.1 Å². The largest absolute Gasteiger partial charge is 0.251 e. The number of hydrogen-bond acceptors (Lipinski definition) is 4. The summed E-state index contributed by atoms with van der Waals surface area (Å²) in [7, 11) is 0. The molecular formula is C39H26N4. The molecule has 202 valence electrons. The number of aromatic nitrogens is 4. The molecule has 0 amide bonds. The Balaban J connectivity index is 1.30. The van der Waals surface area contributed by atoms with E-state index in [1.54, 1.807) is 12.1 Å². The van der Waals surface area contributed by atoms with Crippen molar-refractivity contribution >= 4 is 32.7 Å². The number of fused-ring (bicyclic) bond motifs is 4. The SMILES string of the molecule is [2H]C([2H])([2H])c1ccc2ccc3ccc(-c4cccc(-c5cccc6c(-c7ccccc7)nc(-c7ccccc7)nc56)c4)nc3c2n1. The predicted molar refractivity (Wildman–Crippen MR) is 177 cm³/mol. The molecule has 5 aromatic carbocycles. The second kappa shape index (κ2) is 10.3. The average Bonchev–Trinajstić information content (AvgIpc) is 3.10. The molecule has 8 rings (SSSR count). The van der Waals surface area contributed by atoms with Crippen LogP contribution in [0.3, 0.4) is 0 Å². The smallest absolute Gasteiger partial charge is 0.160 e. The van der Waals surface area contributed by atoms with E-state index in [9.17, 15) is 0 Å². The first-order chi connectivity index (χ1) is 22.4. The van der Waals surface area contributed by atoms with E-state index in [1.807, 2.05) is 84.9 Å². The van der Waals surface area contributed by atoms with E-state index in [0.29, 0.717) is 16.9 Å². The lowest BCUT2D eigenvalue weighted by molar-refractivity contribution is 1.23. The first kappa shape index (κ1) is 21.9. The second-order valence-corrected chi connectivity index (χ2v) is 10.5. The number of para-hydroxylation sites is 1. The molecule has 8 aromatic rings. The van der Waals surface area contributed by atoms with Gasteiger partial charge in [-0.3, -0.25) is 4.98 Å². The third-order valence-corrected chi connectivity index (χ3v) is 7.79. The van der Waals surface area contributed by atoms with Gasteiger partial charge in [0.1, 0.15) is 0 Å². The number of nitrogens with zero attached hydrogens (tertiary/aromatic N) is 4. The summed E-state index contributed by atoms with van der Waals surface area (Å²) in [6.45, 7) is -2.30. The van der Waals surface area contributed by atoms with Crippen LogP contribution in [0.5, 0.6) is 0 Å². The maximum absolute atomic E-state index is 7.86. The maximum atomic E-state index is 7.86. The van der Waals surface area contributed by atoms with Crippen molar-refractivity contribution in [3.63, 3.8) is 0 Å². The third kappa shape index (κ3) is 4.50. The quantitative estimate of drug-likeness (QED) is 0.204. The first-order valence-electron chi connectivity index (χ1n) is 15.7. The van der Waals surface area contributed by atoms with Crippen LogP contribution in [0.2, 0.25) is 0 Å². The summed E-state index contributed by atoms with van der Waals surface area (Å²) in [5, 5.41) is 2.72. The van der Waals surface area contributed by atoms with Gasteiger partial charge >= 0.3 is 0 Å². The van der Waals surface area contributed by atoms with Crippen molar-refractivity contribution in [2.45, 2.75) is 6.85 Å². The number of hydrogen-bond donors (Lipinski definition) is 0. The van der Waals surface area contributed by atoms with Gasteiger partial charge in [-0.05, 0) is 30.6 Å². The van der Waals surface area contributed by atoms with E-state index < -0.39 is 6.85 Å². The van der Waals surface area contributed by atoms with Gasteiger partial charge in [0.2, 0.25) is 0 Å². The maximum Gasteiger partial charge on any atom is 0.160 e. The first-order valence-corrected chi connectivity index (χ1v) is 14.2. The topological polar surface area (TPSA) is 51.6 Å². The van der Waals surface area contributed by atoms with Crippen molar-refractivity contribution in [1.82, 2.24) is 19.9 Å². The summed E-state index contributed by atoms with van der Waals surface area (Å²) in [4.78, 5) is 19.8. The summed E-state index contributed by atoms with van der Waals surface area (Å²) in [6, 6.07) is 46.1. The molecule has 4 heteroatoms. The van der Waals surface area contributed by atoms with E-state index in [-0.39, 0.29) is 5.69 Å². The van der Waals surface area contributed by atoms with Gasteiger partial charge in [0.25, 0.3) is 0 Å². The molecule has 0 saturated heterocycles. The van der Waals surface area contributed by atoms with Gasteiger partial charge in [0.05, 0.1) is 27.9 Å². The molecular weight excluding hydrogens is 524 g/mol. The zero-order valence-electron chi connectivity index (χ0n) is 26.1. The summed E-state index contributed by atoms with van der Waals surface area (Å²) in [5.41, 5.74) is 8.74. The molecule has 0 fully saturated rings. The van der Waals surface area contributed by atoms with E-state index in [0.717, 1.165) is 60.9 Å². The number of rotatable bonds is 4. The molecule has 3 heterocycles. The standard InChI is InChI=1S/C39H26N4/c1-25-18-19-27-20-21-28-22-23-34(41-37(28)36(27)40-25)31-15-8-14-30(24-31)32-16-9-17-33-35(26-10-4-2-5-11-26)42-39(43-38(32)33)29-12-6-3-7-13-29/h2-24H,1H3/i1D3. The summed E-state index contributed by atoms with van der Waals surface area (Å²) < 4.78 is 23.6. The Kier molecular flexibility index (Phi) is 5.24. The Hall–Kier alpha value is -5.74. The normalized spacial score (nSPS) is 12.7. The highest BCUT2D eigenvalue weighted by Crippen LogP contribution is 2.36. The minimum absolute atomic E-state index is 0.0596. The van der Waals surface area contributed by atoms with Gasteiger partial charge < -0.3 is 0 Å². The van der Waals surface area contributed by atoms with Gasteiger partial charge in [0.15, 0.2) is 5.82 Å².